The third kappa shape index (κ3) is 5.25. The zero-order chi connectivity index (χ0) is 19.9. The first-order chi connectivity index (χ1) is 13.5. The summed E-state index contributed by atoms with van der Waals surface area (Å²) in [4.78, 5) is 12.3. The molecule has 150 valence electrons. The van der Waals surface area contributed by atoms with Gasteiger partial charge in [0.25, 0.3) is 0 Å². The zero-order valence-electron chi connectivity index (χ0n) is 15.4. The first-order valence-corrected chi connectivity index (χ1v) is 9.37. The molecule has 1 amide bonds. The Morgan fingerprint density at radius 3 is 2.71 bits per heavy atom. The summed E-state index contributed by atoms with van der Waals surface area (Å²) in [5.41, 5.74) is 0.675. The van der Waals surface area contributed by atoms with Gasteiger partial charge in [-0.15, -0.1) is 0 Å². The van der Waals surface area contributed by atoms with Crippen LogP contribution < -0.4 is 15.4 Å². The quantitative estimate of drug-likeness (QED) is 0.709. The highest BCUT2D eigenvalue weighted by atomic mass is 19.2. The molecule has 2 aromatic rings. The second-order valence-electron chi connectivity index (χ2n) is 6.83. The predicted molar refractivity (Wildman–Crippen MR) is 99.6 cm³/mol. The summed E-state index contributed by atoms with van der Waals surface area (Å²) in [7, 11) is 0. The highest BCUT2D eigenvalue weighted by Gasteiger charge is 2.28. The van der Waals surface area contributed by atoms with Gasteiger partial charge in [0.05, 0.1) is 6.61 Å². The number of hydrogen-bond acceptors (Lipinski definition) is 3. The van der Waals surface area contributed by atoms with E-state index in [1.165, 1.54) is 18.2 Å². The van der Waals surface area contributed by atoms with E-state index in [0.717, 1.165) is 12.6 Å². The molecule has 0 aliphatic carbocycles. The van der Waals surface area contributed by atoms with Crippen LogP contribution in [0.15, 0.2) is 42.5 Å². The van der Waals surface area contributed by atoms with Gasteiger partial charge >= 0.3 is 0 Å². The van der Waals surface area contributed by atoms with E-state index >= 15 is 0 Å². The Kier molecular flexibility index (Phi) is 6.92. The van der Waals surface area contributed by atoms with E-state index in [9.17, 15) is 18.0 Å². The molecule has 2 unspecified atom stereocenters. The Morgan fingerprint density at radius 2 is 1.93 bits per heavy atom. The molecule has 1 fully saturated rings. The van der Waals surface area contributed by atoms with Gasteiger partial charge in [-0.05, 0) is 49.2 Å². The number of para-hydroxylation sites is 1. The molecule has 1 saturated heterocycles. The Morgan fingerprint density at radius 1 is 1.11 bits per heavy atom. The van der Waals surface area contributed by atoms with E-state index in [4.69, 9.17) is 4.74 Å². The summed E-state index contributed by atoms with van der Waals surface area (Å²) >= 11 is 0. The average molecular weight is 392 g/mol. The summed E-state index contributed by atoms with van der Waals surface area (Å²) in [6.45, 7) is 1.53. The number of halogens is 3. The average Bonchev–Trinajstić information content (AvgIpc) is 2.69. The van der Waals surface area contributed by atoms with Crippen molar-refractivity contribution >= 4 is 5.91 Å². The van der Waals surface area contributed by atoms with Crippen molar-refractivity contribution in [1.82, 2.24) is 10.6 Å². The van der Waals surface area contributed by atoms with Crippen LogP contribution >= 0.6 is 0 Å². The minimum atomic E-state index is -0.883. The second-order valence-corrected chi connectivity index (χ2v) is 6.83. The van der Waals surface area contributed by atoms with Gasteiger partial charge in [0, 0.05) is 24.9 Å². The molecule has 0 spiro atoms. The molecule has 2 N–H and O–H groups in total. The standard InChI is InChI=1S/C21H23F3N2O2/c22-16-8-7-14(12-18(16)24)15-9-10-25-13-19(15)26-21(27)6-3-11-28-20-5-2-1-4-17(20)23/h1-2,4-5,7-8,12,15,19,25H,3,6,9-11,13H2,(H,26,27). The van der Waals surface area contributed by atoms with Crippen molar-refractivity contribution in [3.63, 3.8) is 0 Å². The van der Waals surface area contributed by atoms with Crippen molar-refractivity contribution < 1.29 is 22.7 Å². The maximum Gasteiger partial charge on any atom is 0.220 e. The number of amides is 1. The first-order valence-electron chi connectivity index (χ1n) is 9.37. The first kappa shape index (κ1) is 20.2. The van der Waals surface area contributed by atoms with E-state index in [-0.39, 0.29) is 36.6 Å². The van der Waals surface area contributed by atoms with Gasteiger partial charge in [0.2, 0.25) is 5.91 Å². The largest absolute Gasteiger partial charge is 0.491 e. The summed E-state index contributed by atoms with van der Waals surface area (Å²) in [6.07, 6.45) is 1.39. The summed E-state index contributed by atoms with van der Waals surface area (Å²) in [5.74, 6) is -2.28. The maximum atomic E-state index is 13.6. The molecule has 0 saturated carbocycles. The van der Waals surface area contributed by atoms with Crippen molar-refractivity contribution in [2.45, 2.75) is 31.2 Å². The van der Waals surface area contributed by atoms with Gasteiger partial charge in [-0.3, -0.25) is 4.79 Å². The van der Waals surface area contributed by atoms with Crippen LogP contribution in [0.4, 0.5) is 13.2 Å². The fourth-order valence-electron chi connectivity index (χ4n) is 3.41. The summed E-state index contributed by atoms with van der Waals surface area (Å²) in [6, 6.07) is 9.79. The molecule has 1 aliphatic heterocycles. The topological polar surface area (TPSA) is 50.4 Å². The van der Waals surface area contributed by atoms with Crippen molar-refractivity contribution in [3.8, 4) is 5.75 Å². The highest BCUT2D eigenvalue weighted by molar-refractivity contribution is 5.76. The fraction of sp³-hybridized carbons (Fsp3) is 0.381. The van der Waals surface area contributed by atoms with Crippen LogP contribution in [-0.2, 0) is 4.79 Å². The molecule has 4 nitrogen and oxygen atoms in total. The van der Waals surface area contributed by atoms with E-state index < -0.39 is 17.5 Å². The van der Waals surface area contributed by atoms with E-state index in [0.29, 0.717) is 24.9 Å². The van der Waals surface area contributed by atoms with Gasteiger partial charge < -0.3 is 15.4 Å². The third-order valence-corrected chi connectivity index (χ3v) is 4.84. The molecular weight excluding hydrogens is 369 g/mol. The lowest BCUT2D eigenvalue weighted by molar-refractivity contribution is -0.122. The number of carbonyl (C=O) groups is 1. The van der Waals surface area contributed by atoms with Crippen LogP contribution in [0.1, 0.15) is 30.7 Å². The van der Waals surface area contributed by atoms with Gasteiger partial charge in [-0.25, -0.2) is 13.2 Å². The van der Waals surface area contributed by atoms with Crippen LogP contribution in [-0.4, -0.2) is 31.6 Å². The number of carbonyl (C=O) groups excluding carboxylic acids is 1. The van der Waals surface area contributed by atoms with Crippen LogP contribution in [0.2, 0.25) is 0 Å². The Bertz CT molecular complexity index is 816. The maximum absolute atomic E-state index is 13.6. The monoisotopic (exact) mass is 392 g/mol. The van der Waals surface area contributed by atoms with Crippen LogP contribution in [0, 0.1) is 17.5 Å². The Hall–Kier alpha value is -2.54. The number of hydrogen-bond donors (Lipinski definition) is 2. The van der Waals surface area contributed by atoms with Crippen molar-refractivity contribution in [3.05, 3.63) is 65.5 Å². The molecule has 7 heteroatoms. The van der Waals surface area contributed by atoms with Crippen molar-refractivity contribution in [2.75, 3.05) is 19.7 Å². The molecule has 1 aliphatic rings. The lowest BCUT2D eigenvalue weighted by atomic mass is 9.86. The highest BCUT2D eigenvalue weighted by Crippen LogP contribution is 2.27. The molecule has 2 aromatic carbocycles. The third-order valence-electron chi connectivity index (χ3n) is 4.84. The van der Waals surface area contributed by atoms with Crippen LogP contribution in [0.3, 0.4) is 0 Å². The second kappa shape index (κ2) is 9.59. The summed E-state index contributed by atoms with van der Waals surface area (Å²) in [5, 5.41) is 6.18. The molecule has 2 atom stereocenters. The van der Waals surface area contributed by atoms with Crippen LogP contribution in [0.25, 0.3) is 0 Å². The van der Waals surface area contributed by atoms with Gasteiger partial charge in [0.1, 0.15) is 0 Å². The zero-order valence-corrected chi connectivity index (χ0v) is 15.4. The molecular formula is C21H23F3N2O2. The molecule has 3 rings (SSSR count). The number of piperidine rings is 1. The van der Waals surface area contributed by atoms with E-state index in [2.05, 4.69) is 10.6 Å². The van der Waals surface area contributed by atoms with Crippen molar-refractivity contribution in [2.24, 2.45) is 0 Å². The smallest absolute Gasteiger partial charge is 0.220 e. The molecule has 0 radical (unpaired) electrons. The van der Waals surface area contributed by atoms with Gasteiger partial charge in [-0.2, -0.15) is 0 Å². The van der Waals surface area contributed by atoms with E-state index in [1.807, 2.05) is 0 Å². The van der Waals surface area contributed by atoms with Gasteiger partial charge in [0.15, 0.2) is 23.2 Å². The normalized spacial score (nSPS) is 19.2. The lowest BCUT2D eigenvalue weighted by Gasteiger charge is -2.33. The van der Waals surface area contributed by atoms with E-state index in [1.54, 1.807) is 18.2 Å². The molecule has 28 heavy (non-hydrogen) atoms. The predicted octanol–water partition coefficient (Wildman–Crippen LogP) is 3.52. The Labute approximate surface area is 162 Å². The minimum Gasteiger partial charge on any atom is -0.491 e. The number of ether oxygens (including phenoxy) is 1. The SMILES string of the molecule is O=C(CCCOc1ccccc1F)NC1CNCCC1c1ccc(F)c(F)c1. The molecule has 0 aromatic heterocycles. The summed E-state index contributed by atoms with van der Waals surface area (Å²) < 4.78 is 45.6. The lowest BCUT2D eigenvalue weighted by Crippen LogP contribution is -2.50. The minimum absolute atomic E-state index is 0.0880. The number of benzene rings is 2. The Balaban J connectivity index is 1.50. The number of nitrogens with one attached hydrogen (secondary N) is 2. The molecule has 1 heterocycles. The van der Waals surface area contributed by atoms with Crippen molar-refractivity contribution in [1.29, 1.82) is 0 Å². The van der Waals surface area contributed by atoms with Gasteiger partial charge in [-0.1, -0.05) is 18.2 Å². The number of rotatable bonds is 7. The van der Waals surface area contributed by atoms with Crippen LogP contribution in [0.5, 0.6) is 5.75 Å². The fourth-order valence-corrected chi connectivity index (χ4v) is 3.41. The molecule has 0 bridgehead atoms.